The Labute approximate surface area is 168 Å². The summed E-state index contributed by atoms with van der Waals surface area (Å²) in [5.74, 6) is 1.07. The average Bonchev–Trinajstić information content (AvgIpc) is 3.36. The molecule has 0 unspecified atom stereocenters. The summed E-state index contributed by atoms with van der Waals surface area (Å²) in [6, 6.07) is 22.2. The number of rotatable bonds is 5. The lowest BCUT2D eigenvalue weighted by atomic mass is 9.91. The molecule has 0 N–H and O–H groups in total. The van der Waals surface area contributed by atoms with E-state index in [4.69, 9.17) is 4.74 Å². The first kappa shape index (κ1) is 17.6. The molecule has 5 rings (SSSR count). The van der Waals surface area contributed by atoms with Gasteiger partial charge in [0, 0.05) is 5.56 Å². The summed E-state index contributed by atoms with van der Waals surface area (Å²) in [7, 11) is 0. The third kappa shape index (κ3) is 3.03. The molecule has 28 heavy (non-hydrogen) atoms. The molecule has 1 heteroatoms. The number of hydrogen-bond acceptors (Lipinski definition) is 1. The van der Waals surface area contributed by atoms with Gasteiger partial charge in [-0.2, -0.15) is 0 Å². The highest BCUT2D eigenvalue weighted by atomic mass is 16.5. The quantitative estimate of drug-likeness (QED) is 0.458. The minimum Gasteiger partial charge on any atom is -0.490 e. The maximum atomic E-state index is 6.63. The summed E-state index contributed by atoms with van der Waals surface area (Å²) < 4.78 is 6.63. The van der Waals surface area contributed by atoms with Crippen LogP contribution in [0.2, 0.25) is 0 Å². The molecule has 0 saturated heterocycles. The predicted molar refractivity (Wildman–Crippen MR) is 118 cm³/mol. The predicted octanol–water partition coefficient (Wildman–Crippen LogP) is 7.32. The van der Waals surface area contributed by atoms with Crippen LogP contribution in [0.1, 0.15) is 62.1 Å². The molecule has 0 spiro atoms. The first-order valence-corrected chi connectivity index (χ1v) is 10.8. The van der Waals surface area contributed by atoms with Gasteiger partial charge in [-0.15, -0.1) is 0 Å². The molecule has 1 saturated carbocycles. The van der Waals surface area contributed by atoms with Gasteiger partial charge in [0.15, 0.2) is 0 Å². The van der Waals surface area contributed by atoms with Crippen molar-refractivity contribution in [3.8, 4) is 5.75 Å². The Morgan fingerprint density at radius 1 is 0.893 bits per heavy atom. The summed E-state index contributed by atoms with van der Waals surface area (Å²) in [6.07, 6.45) is 8.72. The molecule has 3 aromatic rings. The summed E-state index contributed by atoms with van der Waals surface area (Å²) in [6.45, 7) is 2.28. The minimum absolute atomic E-state index is 0.367. The summed E-state index contributed by atoms with van der Waals surface area (Å²) >= 11 is 0. The van der Waals surface area contributed by atoms with Crippen molar-refractivity contribution in [1.82, 2.24) is 0 Å². The van der Waals surface area contributed by atoms with Crippen molar-refractivity contribution in [3.63, 3.8) is 0 Å². The molecular weight excluding hydrogens is 340 g/mol. The number of allylic oxidation sites excluding steroid dienone is 1. The Bertz CT molecular complexity index is 1040. The third-order valence-corrected chi connectivity index (χ3v) is 6.33. The molecule has 0 bridgehead atoms. The number of fused-ring (bicyclic) bond motifs is 2. The van der Waals surface area contributed by atoms with Gasteiger partial charge < -0.3 is 4.74 Å². The van der Waals surface area contributed by atoms with E-state index in [0.29, 0.717) is 6.10 Å². The average molecular weight is 369 g/mol. The van der Waals surface area contributed by atoms with Gasteiger partial charge in [0.25, 0.3) is 0 Å². The Kier molecular flexibility index (Phi) is 4.68. The van der Waals surface area contributed by atoms with E-state index >= 15 is 0 Å². The molecule has 0 atom stereocenters. The van der Waals surface area contributed by atoms with Crippen molar-refractivity contribution in [1.29, 1.82) is 0 Å². The van der Waals surface area contributed by atoms with Gasteiger partial charge >= 0.3 is 0 Å². The van der Waals surface area contributed by atoms with Gasteiger partial charge in [-0.25, -0.2) is 0 Å². The third-order valence-electron chi connectivity index (χ3n) is 6.33. The summed E-state index contributed by atoms with van der Waals surface area (Å²) in [5.41, 5.74) is 7.18. The number of ether oxygens (including phenoxy) is 1. The molecule has 2 aliphatic carbocycles. The van der Waals surface area contributed by atoms with Crippen LogP contribution in [0.25, 0.3) is 16.3 Å². The van der Waals surface area contributed by atoms with E-state index in [-0.39, 0.29) is 0 Å². The minimum atomic E-state index is 0.367. The standard InChI is InChI=1S/C27H28O/c1-2-9-21-18-20-11-4-8-15-24(20)26(21)27-23-14-7-3-10-19(23)16-17-25(27)28-22-12-5-6-13-22/h3-4,7-8,10-11,14-17,22H,2,5-6,9,12-13,18H2,1H3. The lowest BCUT2D eigenvalue weighted by Gasteiger charge is -2.21. The largest absolute Gasteiger partial charge is 0.490 e. The van der Waals surface area contributed by atoms with Crippen molar-refractivity contribution in [2.45, 2.75) is 58.0 Å². The number of hydrogen-bond donors (Lipinski definition) is 0. The first-order chi connectivity index (χ1) is 13.8. The normalized spacial score (nSPS) is 16.8. The van der Waals surface area contributed by atoms with E-state index in [1.165, 1.54) is 65.1 Å². The lowest BCUT2D eigenvalue weighted by molar-refractivity contribution is 0.210. The van der Waals surface area contributed by atoms with Gasteiger partial charge in [-0.05, 0) is 72.1 Å². The summed E-state index contributed by atoms with van der Waals surface area (Å²) in [5, 5.41) is 2.61. The summed E-state index contributed by atoms with van der Waals surface area (Å²) in [4.78, 5) is 0. The van der Waals surface area contributed by atoms with Crippen molar-refractivity contribution >= 4 is 16.3 Å². The molecule has 0 radical (unpaired) electrons. The van der Waals surface area contributed by atoms with Crippen LogP contribution in [0.15, 0.2) is 66.2 Å². The van der Waals surface area contributed by atoms with Gasteiger partial charge in [0.2, 0.25) is 0 Å². The molecule has 0 amide bonds. The second-order valence-corrected chi connectivity index (χ2v) is 8.25. The zero-order valence-electron chi connectivity index (χ0n) is 16.7. The van der Waals surface area contributed by atoms with Crippen molar-refractivity contribution in [2.75, 3.05) is 0 Å². The van der Waals surface area contributed by atoms with Gasteiger partial charge in [0.1, 0.15) is 5.75 Å². The monoisotopic (exact) mass is 368 g/mol. The van der Waals surface area contributed by atoms with E-state index in [1.54, 1.807) is 5.57 Å². The Balaban J connectivity index is 1.74. The zero-order valence-corrected chi connectivity index (χ0v) is 16.7. The van der Waals surface area contributed by atoms with E-state index in [1.807, 2.05) is 0 Å². The second-order valence-electron chi connectivity index (χ2n) is 8.25. The van der Waals surface area contributed by atoms with Crippen LogP contribution >= 0.6 is 0 Å². The Morgan fingerprint density at radius 3 is 2.54 bits per heavy atom. The van der Waals surface area contributed by atoms with Crippen LogP contribution in [0.3, 0.4) is 0 Å². The smallest absolute Gasteiger partial charge is 0.128 e. The van der Waals surface area contributed by atoms with Crippen LogP contribution in [0.5, 0.6) is 5.75 Å². The fourth-order valence-electron chi connectivity index (χ4n) is 5.05. The van der Waals surface area contributed by atoms with Gasteiger partial charge in [0.05, 0.1) is 6.10 Å². The second kappa shape index (κ2) is 7.47. The van der Waals surface area contributed by atoms with Crippen LogP contribution in [0, 0.1) is 0 Å². The van der Waals surface area contributed by atoms with E-state index in [9.17, 15) is 0 Å². The van der Waals surface area contributed by atoms with Crippen LogP contribution in [0.4, 0.5) is 0 Å². The molecule has 142 valence electrons. The Hall–Kier alpha value is -2.54. The van der Waals surface area contributed by atoms with E-state index < -0.39 is 0 Å². The fraction of sp³-hybridized carbons (Fsp3) is 0.333. The Morgan fingerprint density at radius 2 is 1.68 bits per heavy atom. The highest BCUT2D eigenvalue weighted by molar-refractivity contribution is 6.02. The zero-order chi connectivity index (χ0) is 18.9. The molecular formula is C27H28O. The molecule has 2 aliphatic rings. The highest BCUT2D eigenvalue weighted by Crippen LogP contribution is 2.46. The van der Waals surface area contributed by atoms with Crippen LogP contribution in [-0.2, 0) is 6.42 Å². The fourth-order valence-corrected chi connectivity index (χ4v) is 5.05. The molecule has 3 aromatic carbocycles. The first-order valence-electron chi connectivity index (χ1n) is 10.8. The lowest BCUT2D eigenvalue weighted by Crippen LogP contribution is -2.12. The SMILES string of the molecule is CCCC1=C(c2c(OC3CCCC3)ccc3ccccc23)c2ccccc2C1. The van der Waals surface area contributed by atoms with Gasteiger partial charge in [-0.1, -0.05) is 73.5 Å². The van der Waals surface area contributed by atoms with E-state index in [0.717, 1.165) is 18.6 Å². The maximum Gasteiger partial charge on any atom is 0.128 e. The topological polar surface area (TPSA) is 9.23 Å². The van der Waals surface area contributed by atoms with Crippen molar-refractivity contribution in [2.24, 2.45) is 0 Å². The maximum absolute atomic E-state index is 6.63. The molecule has 0 heterocycles. The van der Waals surface area contributed by atoms with Crippen LogP contribution in [-0.4, -0.2) is 6.10 Å². The van der Waals surface area contributed by atoms with Crippen molar-refractivity contribution in [3.05, 3.63) is 82.9 Å². The molecule has 1 nitrogen and oxygen atoms in total. The van der Waals surface area contributed by atoms with Gasteiger partial charge in [-0.3, -0.25) is 0 Å². The van der Waals surface area contributed by atoms with Crippen LogP contribution < -0.4 is 4.74 Å². The molecule has 0 aliphatic heterocycles. The number of benzene rings is 3. The molecule has 1 fully saturated rings. The van der Waals surface area contributed by atoms with Crippen molar-refractivity contribution < 1.29 is 4.74 Å². The molecule has 0 aromatic heterocycles. The van der Waals surface area contributed by atoms with E-state index in [2.05, 4.69) is 67.6 Å². The highest BCUT2D eigenvalue weighted by Gasteiger charge is 2.27.